The van der Waals surface area contributed by atoms with Crippen molar-refractivity contribution in [3.63, 3.8) is 0 Å². The number of hydrogen-bond acceptors (Lipinski definition) is 3. The van der Waals surface area contributed by atoms with Gasteiger partial charge in [0.2, 0.25) is 0 Å². The minimum absolute atomic E-state index is 0.208. The van der Waals surface area contributed by atoms with E-state index in [1.54, 1.807) is 24.3 Å². The van der Waals surface area contributed by atoms with Crippen LogP contribution in [0.4, 0.5) is 0 Å². The number of nitrogens with one attached hydrogen (secondary N) is 1. The van der Waals surface area contributed by atoms with Gasteiger partial charge >= 0.3 is 27.0 Å². The van der Waals surface area contributed by atoms with Crippen LogP contribution in [-0.2, 0) is 33.8 Å². The van der Waals surface area contributed by atoms with Crippen LogP contribution in [0, 0.1) is 6.92 Å². The number of hydrogen-bond donors (Lipinski definition) is 1. The Morgan fingerprint density at radius 2 is 1.27 bits per heavy atom. The molecule has 0 spiro atoms. The van der Waals surface area contributed by atoms with E-state index in [1.165, 1.54) is 5.56 Å². The second-order valence-corrected chi connectivity index (χ2v) is 10.3. The summed E-state index contributed by atoms with van der Waals surface area (Å²) < 4.78 is 31.3. The van der Waals surface area contributed by atoms with Crippen LogP contribution in [0.25, 0.3) is 4.72 Å². The summed E-state index contributed by atoms with van der Waals surface area (Å²) in [4.78, 5) is 0.208. The van der Waals surface area contributed by atoms with Gasteiger partial charge in [-0.3, -0.25) is 0 Å². The van der Waals surface area contributed by atoms with Crippen molar-refractivity contribution >= 4 is 19.7 Å². The summed E-state index contributed by atoms with van der Waals surface area (Å²) in [5.41, 5.74) is 4.15. The van der Waals surface area contributed by atoms with Crippen LogP contribution in [0.5, 0.6) is 0 Å². The molecule has 0 saturated carbocycles. The van der Waals surface area contributed by atoms with Crippen LogP contribution in [-0.4, -0.2) is 15.0 Å². The molecule has 4 rings (SSSR count). The zero-order valence-corrected chi connectivity index (χ0v) is 24.0. The van der Waals surface area contributed by atoms with Crippen molar-refractivity contribution in [3.05, 3.63) is 142 Å². The van der Waals surface area contributed by atoms with Crippen LogP contribution in [0.2, 0.25) is 0 Å². The van der Waals surface area contributed by atoms with E-state index in [0.29, 0.717) is 0 Å². The van der Waals surface area contributed by atoms with Crippen molar-refractivity contribution < 1.29 is 25.7 Å². The van der Waals surface area contributed by atoms with Crippen molar-refractivity contribution in [2.45, 2.75) is 36.7 Å². The normalized spacial score (nSPS) is 12.7. The molecule has 0 radical (unpaired) electrons. The second-order valence-electron chi connectivity index (χ2n) is 8.68. The zero-order valence-electron chi connectivity index (χ0n) is 20.6. The molecule has 0 fully saturated rings. The van der Waals surface area contributed by atoms with E-state index in [-0.39, 0.29) is 10.9 Å². The summed E-state index contributed by atoms with van der Waals surface area (Å²) in [5.74, 6) is 0. The SMILES string of the molecule is Cc1ccc(S(=O)(=O)[N-][C@@H](c2ccccc2)[C@@H](NCCCc2ccccc2)c2ccccc2)cc1.[Cl][Ru+2]. The van der Waals surface area contributed by atoms with E-state index in [2.05, 4.69) is 44.0 Å². The summed E-state index contributed by atoms with van der Waals surface area (Å²) in [6.07, 6.45) is 1.88. The average Bonchev–Trinajstić information content (AvgIpc) is 2.95. The van der Waals surface area contributed by atoms with E-state index in [4.69, 9.17) is 0 Å². The molecule has 7 heteroatoms. The first kappa shape index (κ1) is 29.2. The predicted molar refractivity (Wildman–Crippen MR) is 149 cm³/mol. The van der Waals surface area contributed by atoms with Crippen LogP contribution in [0.3, 0.4) is 0 Å². The topological polar surface area (TPSA) is 60.3 Å². The molecule has 1 N–H and O–H groups in total. The third-order valence-electron chi connectivity index (χ3n) is 6.04. The molecule has 2 atom stereocenters. The Labute approximate surface area is 235 Å². The third kappa shape index (κ3) is 8.88. The summed E-state index contributed by atoms with van der Waals surface area (Å²) in [5, 5.41) is 3.63. The molecule has 0 unspecified atom stereocenters. The Hall–Kier alpha value is -2.34. The molecule has 0 aliphatic heterocycles. The Balaban J connectivity index is 0.00000186. The first-order chi connectivity index (χ1) is 18.0. The molecule has 193 valence electrons. The molecule has 0 aliphatic carbocycles. The standard InChI is InChI=1S/C30H31N2O2S.ClH.Ru/c1-24-19-21-28(22-20-24)35(33,34)32-30(27-17-9-4-10-18-27)29(26-15-7-3-8-16-26)31-23-11-14-25-12-5-2-6-13-25;;/h2-10,12-13,15-22,29-31H,11,14,23H2,1H3;1H;/q-1;;+3/p-1/t29-,30-;;/m0../s1. The molecular weight excluding hydrogens is 589 g/mol. The minimum atomic E-state index is -3.87. The molecule has 4 nitrogen and oxygen atoms in total. The number of halogens is 1. The Morgan fingerprint density at radius 3 is 1.84 bits per heavy atom. The van der Waals surface area contributed by atoms with Gasteiger partial charge in [0.25, 0.3) is 0 Å². The molecule has 0 amide bonds. The molecule has 0 aromatic heterocycles. The predicted octanol–water partition coefficient (Wildman–Crippen LogP) is 7.45. The molecule has 4 aromatic carbocycles. The molecule has 0 saturated heterocycles. The van der Waals surface area contributed by atoms with Gasteiger partial charge in [0.1, 0.15) is 10.0 Å². The van der Waals surface area contributed by atoms with Crippen molar-refractivity contribution in [1.29, 1.82) is 0 Å². The molecule has 37 heavy (non-hydrogen) atoms. The zero-order chi connectivity index (χ0) is 26.5. The first-order valence-corrected chi connectivity index (χ1v) is 15.7. The summed E-state index contributed by atoms with van der Waals surface area (Å²) in [6, 6.07) is 36.0. The monoisotopic (exact) mass is 620 g/mol. The van der Waals surface area contributed by atoms with Gasteiger partial charge in [-0.25, -0.2) is 8.42 Å². The van der Waals surface area contributed by atoms with Gasteiger partial charge in [0, 0.05) is 10.9 Å². The third-order valence-corrected chi connectivity index (χ3v) is 7.41. The molecule has 0 bridgehead atoms. The quantitative estimate of drug-likeness (QED) is 0.140. The van der Waals surface area contributed by atoms with E-state index in [1.807, 2.05) is 91.0 Å². The van der Waals surface area contributed by atoms with Gasteiger partial charge in [-0.05, 0) is 49.6 Å². The van der Waals surface area contributed by atoms with Crippen molar-refractivity contribution in [2.24, 2.45) is 0 Å². The van der Waals surface area contributed by atoms with Crippen molar-refractivity contribution in [2.75, 3.05) is 6.54 Å². The van der Waals surface area contributed by atoms with Gasteiger partial charge in [-0.2, -0.15) is 0 Å². The van der Waals surface area contributed by atoms with Crippen molar-refractivity contribution in [1.82, 2.24) is 5.32 Å². The molecular formula is C30H31ClN2O2RuS+. The van der Waals surface area contributed by atoms with Gasteiger partial charge in [-0.15, -0.1) is 0 Å². The number of rotatable bonds is 11. The fraction of sp³-hybridized carbons (Fsp3) is 0.200. The number of aryl methyl sites for hydroxylation is 2. The Kier molecular flexibility index (Phi) is 12.0. The number of nitrogens with zero attached hydrogens (tertiary/aromatic N) is 1. The fourth-order valence-electron chi connectivity index (χ4n) is 4.15. The fourth-order valence-corrected chi connectivity index (χ4v) is 5.30. The van der Waals surface area contributed by atoms with Gasteiger partial charge < -0.3 is 10.0 Å². The van der Waals surface area contributed by atoms with E-state index in [9.17, 15) is 8.42 Å². The van der Waals surface area contributed by atoms with Crippen LogP contribution in [0.1, 0.15) is 40.8 Å². The number of benzene rings is 4. The van der Waals surface area contributed by atoms with E-state index in [0.717, 1.165) is 36.1 Å². The van der Waals surface area contributed by atoms with Crippen LogP contribution >= 0.6 is 9.69 Å². The second kappa shape index (κ2) is 15.2. The van der Waals surface area contributed by atoms with Crippen molar-refractivity contribution in [3.8, 4) is 0 Å². The van der Waals surface area contributed by atoms with E-state index >= 15 is 0 Å². The van der Waals surface area contributed by atoms with Crippen LogP contribution in [0.15, 0.2) is 120 Å². The maximum absolute atomic E-state index is 13.4. The molecule has 4 aromatic rings. The van der Waals surface area contributed by atoms with Gasteiger partial charge in [0.05, 0.1) is 0 Å². The molecule has 0 heterocycles. The van der Waals surface area contributed by atoms with E-state index < -0.39 is 16.1 Å². The summed E-state index contributed by atoms with van der Waals surface area (Å²) >= 11 is 1.82. The Morgan fingerprint density at radius 1 is 0.757 bits per heavy atom. The van der Waals surface area contributed by atoms with Gasteiger partial charge in [0.15, 0.2) is 0 Å². The van der Waals surface area contributed by atoms with Gasteiger partial charge in [-0.1, -0.05) is 120 Å². The maximum atomic E-state index is 13.4. The first-order valence-electron chi connectivity index (χ1n) is 12.1. The number of sulfonamides is 1. The van der Waals surface area contributed by atoms with Crippen LogP contribution < -0.4 is 5.32 Å². The molecule has 0 aliphatic rings. The summed E-state index contributed by atoms with van der Waals surface area (Å²) in [7, 11) is 0.703. The Bertz CT molecular complexity index is 1290. The summed E-state index contributed by atoms with van der Waals surface area (Å²) in [6.45, 7) is 2.67. The average molecular weight is 620 g/mol.